The lowest BCUT2D eigenvalue weighted by Crippen LogP contribution is -2.43. The standard InChI is InChI=1S/C18H26FN5O/c1-14(13-24-10-6-9-23-24)11-21-18(20-3)22-12-15(2)25-17-8-5-4-7-16(17)19/h4-10,14-15H,11-13H2,1-3H3,(H2,20,21,22). The molecule has 1 heterocycles. The summed E-state index contributed by atoms with van der Waals surface area (Å²) in [5, 5.41) is 10.7. The Balaban J connectivity index is 1.71. The number of ether oxygens (including phenoxy) is 1. The Morgan fingerprint density at radius 2 is 2.00 bits per heavy atom. The van der Waals surface area contributed by atoms with E-state index in [9.17, 15) is 4.39 Å². The molecule has 2 N–H and O–H groups in total. The molecule has 2 unspecified atom stereocenters. The van der Waals surface area contributed by atoms with E-state index in [4.69, 9.17) is 4.74 Å². The first-order chi connectivity index (χ1) is 12.1. The number of nitrogens with zero attached hydrogens (tertiary/aromatic N) is 3. The van der Waals surface area contributed by atoms with E-state index in [1.807, 2.05) is 23.9 Å². The molecule has 2 rings (SSSR count). The minimum atomic E-state index is -0.357. The topological polar surface area (TPSA) is 63.5 Å². The Hall–Kier alpha value is -2.57. The quantitative estimate of drug-likeness (QED) is 0.568. The highest BCUT2D eigenvalue weighted by Crippen LogP contribution is 2.16. The Labute approximate surface area is 148 Å². The number of para-hydroxylation sites is 1. The highest BCUT2D eigenvalue weighted by Gasteiger charge is 2.10. The Morgan fingerprint density at radius 3 is 2.68 bits per heavy atom. The summed E-state index contributed by atoms with van der Waals surface area (Å²) in [4.78, 5) is 4.20. The number of hydrogen-bond donors (Lipinski definition) is 2. The maximum absolute atomic E-state index is 13.6. The molecule has 0 aliphatic heterocycles. The van der Waals surface area contributed by atoms with Crippen molar-refractivity contribution in [3.05, 3.63) is 48.5 Å². The van der Waals surface area contributed by atoms with Crippen molar-refractivity contribution in [3.8, 4) is 5.75 Å². The van der Waals surface area contributed by atoms with Gasteiger partial charge < -0.3 is 15.4 Å². The van der Waals surface area contributed by atoms with Gasteiger partial charge in [0, 0.05) is 32.5 Å². The maximum atomic E-state index is 13.6. The van der Waals surface area contributed by atoms with Gasteiger partial charge in [0.15, 0.2) is 17.5 Å². The molecule has 0 aliphatic carbocycles. The van der Waals surface area contributed by atoms with Crippen molar-refractivity contribution in [1.29, 1.82) is 0 Å². The Morgan fingerprint density at radius 1 is 1.24 bits per heavy atom. The molecule has 0 spiro atoms. The zero-order chi connectivity index (χ0) is 18.1. The largest absolute Gasteiger partial charge is 0.486 e. The SMILES string of the molecule is CN=C(NCC(C)Cn1cccn1)NCC(C)Oc1ccccc1F. The summed E-state index contributed by atoms with van der Waals surface area (Å²) in [5.74, 6) is 0.985. The van der Waals surface area contributed by atoms with Crippen molar-refractivity contribution in [2.45, 2.75) is 26.5 Å². The number of aliphatic imine (C=N–C) groups is 1. The number of guanidine groups is 1. The average molecular weight is 347 g/mol. The number of nitrogens with one attached hydrogen (secondary N) is 2. The van der Waals surface area contributed by atoms with Gasteiger partial charge in [0.05, 0.1) is 6.54 Å². The molecule has 2 atom stereocenters. The van der Waals surface area contributed by atoms with Gasteiger partial charge in [-0.15, -0.1) is 0 Å². The summed E-state index contributed by atoms with van der Waals surface area (Å²) in [6, 6.07) is 8.31. The fraction of sp³-hybridized carbons (Fsp3) is 0.444. The van der Waals surface area contributed by atoms with Gasteiger partial charge in [-0.1, -0.05) is 19.1 Å². The van der Waals surface area contributed by atoms with Crippen LogP contribution in [0.3, 0.4) is 0 Å². The van der Waals surface area contributed by atoms with Gasteiger partial charge in [0.25, 0.3) is 0 Å². The van der Waals surface area contributed by atoms with Gasteiger partial charge >= 0.3 is 0 Å². The van der Waals surface area contributed by atoms with E-state index in [1.54, 1.807) is 31.4 Å². The normalized spacial score (nSPS) is 14.0. The van der Waals surface area contributed by atoms with Gasteiger partial charge in [-0.05, 0) is 31.0 Å². The van der Waals surface area contributed by atoms with Crippen LogP contribution in [0.2, 0.25) is 0 Å². The molecule has 0 saturated heterocycles. The van der Waals surface area contributed by atoms with Crippen LogP contribution in [-0.2, 0) is 6.54 Å². The number of halogens is 1. The summed E-state index contributed by atoms with van der Waals surface area (Å²) < 4.78 is 21.1. The van der Waals surface area contributed by atoms with E-state index >= 15 is 0 Å². The van der Waals surface area contributed by atoms with Crippen molar-refractivity contribution in [1.82, 2.24) is 20.4 Å². The van der Waals surface area contributed by atoms with E-state index in [-0.39, 0.29) is 17.7 Å². The second-order valence-corrected chi connectivity index (χ2v) is 6.03. The monoisotopic (exact) mass is 347 g/mol. The molecule has 1 aromatic heterocycles. The molecule has 0 amide bonds. The lowest BCUT2D eigenvalue weighted by molar-refractivity contribution is 0.214. The highest BCUT2D eigenvalue weighted by molar-refractivity contribution is 5.79. The van der Waals surface area contributed by atoms with Crippen LogP contribution in [-0.4, -0.2) is 42.0 Å². The van der Waals surface area contributed by atoms with Gasteiger partial charge in [-0.3, -0.25) is 9.67 Å². The molecular formula is C18H26FN5O. The van der Waals surface area contributed by atoms with Gasteiger partial charge in [-0.2, -0.15) is 5.10 Å². The predicted molar refractivity (Wildman–Crippen MR) is 97.2 cm³/mol. The third kappa shape index (κ3) is 6.45. The molecule has 1 aromatic carbocycles. The first-order valence-corrected chi connectivity index (χ1v) is 8.41. The van der Waals surface area contributed by atoms with Crippen molar-refractivity contribution in [2.75, 3.05) is 20.1 Å². The van der Waals surface area contributed by atoms with Crippen LogP contribution in [0, 0.1) is 11.7 Å². The smallest absolute Gasteiger partial charge is 0.191 e. The van der Waals surface area contributed by atoms with Crippen LogP contribution in [0.1, 0.15) is 13.8 Å². The summed E-state index contributed by atoms with van der Waals surface area (Å²) >= 11 is 0. The Kier molecular flexibility index (Phi) is 7.25. The molecule has 0 aliphatic rings. The van der Waals surface area contributed by atoms with E-state index in [2.05, 4.69) is 27.6 Å². The lowest BCUT2D eigenvalue weighted by Gasteiger charge is -2.19. The number of hydrogen-bond acceptors (Lipinski definition) is 3. The second-order valence-electron chi connectivity index (χ2n) is 6.03. The first-order valence-electron chi connectivity index (χ1n) is 8.41. The van der Waals surface area contributed by atoms with E-state index in [1.165, 1.54) is 6.07 Å². The molecule has 25 heavy (non-hydrogen) atoms. The number of benzene rings is 1. The minimum absolute atomic E-state index is 0.197. The fourth-order valence-corrected chi connectivity index (χ4v) is 2.32. The van der Waals surface area contributed by atoms with Crippen molar-refractivity contribution in [3.63, 3.8) is 0 Å². The minimum Gasteiger partial charge on any atom is -0.486 e. The summed E-state index contributed by atoms with van der Waals surface area (Å²) in [6.07, 6.45) is 3.53. The van der Waals surface area contributed by atoms with Crippen LogP contribution in [0.4, 0.5) is 4.39 Å². The molecular weight excluding hydrogens is 321 g/mol. The summed E-state index contributed by atoms with van der Waals surface area (Å²) in [7, 11) is 1.72. The maximum Gasteiger partial charge on any atom is 0.191 e. The lowest BCUT2D eigenvalue weighted by atomic mass is 10.2. The molecule has 0 fully saturated rings. The Bertz CT molecular complexity index is 659. The van der Waals surface area contributed by atoms with Crippen LogP contribution >= 0.6 is 0 Å². The van der Waals surface area contributed by atoms with Gasteiger partial charge in [0.2, 0.25) is 0 Å². The highest BCUT2D eigenvalue weighted by atomic mass is 19.1. The van der Waals surface area contributed by atoms with Crippen LogP contribution < -0.4 is 15.4 Å². The van der Waals surface area contributed by atoms with Crippen LogP contribution in [0.5, 0.6) is 5.75 Å². The molecule has 6 nitrogen and oxygen atoms in total. The molecule has 0 saturated carbocycles. The van der Waals surface area contributed by atoms with Crippen molar-refractivity contribution < 1.29 is 9.13 Å². The third-order valence-electron chi connectivity index (χ3n) is 3.62. The molecule has 136 valence electrons. The molecule has 0 radical (unpaired) electrons. The fourth-order valence-electron chi connectivity index (χ4n) is 2.32. The first kappa shape index (κ1) is 18.8. The predicted octanol–water partition coefficient (Wildman–Crippen LogP) is 2.29. The van der Waals surface area contributed by atoms with Gasteiger partial charge in [0.1, 0.15) is 6.10 Å². The second kappa shape index (κ2) is 9.66. The summed E-state index contributed by atoms with van der Waals surface area (Å²) in [6.45, 7) is 6.15. The zero-order valence-corrected chi connectivity index (χ0v) is 14.9. The number of rotatable bonds is 8. The molecule has 7 heteroatoms. The molecule has 2 aromatic rings. The molecule has 0 bridgehead atoms. The number of aromatic nitrogens is 2. The van der Waals surface area contributed by atoms with Crippen LogP contribution in [0.15, 0.2) is 47.7 Å². The van der Waals surface area contributed by atoms with Crippen LogP contribution in [0.25, 0.3) is 0 Å². The van der Waals surface area contributed by atoms with Crippen molar-refractivity contribution >= 4 is 5.96 Å². The van der Waals surface area contributed by atoms with E-state index < -0.39 is 0 Å². The van der Waals surface area contributed by atoms with E-state index in [0.717, 1.165) is 13.1 Å². The average Bonchev–Trinajstić information content (AvgIpc) is 3.10. The summed E-state index contributed by atoms with van der Waals surface area (Å²) in [5.41, 5.74) is 0. The van der Waals surface area contributed by atoms with Gasteiger partial charge in [-0.25, -0.2) is 4.39 Å². The van der Waals surface area contributed by atoms with E-state index in [0.29, 0.717) is 18.4 Å². The third-order valence-corrected chi connectivity index (χ3v) is 3.62. The zero-order valence-electron chi connectivity index (χ0n) is 14.9. The van der Waals surface area contributed by atoms with Crippen molar-refractivity contribution in [2.24, 2.45) is 10.9 Å².